The number of amides is 1. The molecular formula is C26H27NO3. The van der Waals surface area contributed by atoms with Crippen molar-refractivity contribution in [2.24, 2.45) is 0 Å². The number of ether oxygens (including phenoxy) is 2. The summed E-state index contributed by atoms with van der Waals surface area (Å²) in [6.07, 6.45) is 1.88. The summed E-state index contributed by atoms with van der Waals surface area (Å²) in [6.45, 7) is 4.89. The van der Waals surface area contributed by atoms with E-state index in [0.717, 1.165) is 28.2 Å². The maximum Gasteiger partial charge on any atom is 0.252 e. The lowest BCUT2D eigenvalue weighted by Crippen LogP contribution is -2.28. The minimum absolute atomic E-state index is 0.138. The molecule has 4 nitrogen and oxygen atoms in total. The molecule has 30 heavy (non-hydrogen) atoms. The highest BCUT2D eigenvalue weighted by Crippen LogP contribution is 2.21. The van der Waals surface area contributed by atoms with Gasteiger partial charge in [0.05, 0.1) is 13.7 Å². The molecule has 0 aliphatic carbocycles. The summed E-state index contributed by atoms with van der Waals surface area (Å²) >= 11 is 0. The van der Waals surface area contributed by atoms with Gasteiger partial charge in [0.1, 0.15) is 18.1 Å². The van der Waals surface area contributed by atoms with Crippen LogP contribution in [0.4, 0.5) is 0 Å². The third-order valence-electron chi connectivity index (χ3n) is 4.73. The minimum Gasteiger partial charge on any atom is -0.497 e. The normalized spacial score (nSPS) is 11.1. The summed E-state index contributed by atoms with van der Waals surface area (Å²) in [5.74, 6) is 1.48. The fraction of sp³-hybridized carbons (Fsp3) is 0.192. The standard InChI is InChI=1S/C26H27NO3/c1-19-9-14-25(20(2)17-19)30-16-15-27-26(28)24(22-7-5-4-6-8-22)18-21-10-12-23(29-3)13-11-21/h4-14,17-18H,15-16H2,1-3H3,(H,27,28)/b24-18+. The summed E-state index contributed by atoms with van der Waals surface area (Å²) in [4.78, 5) is 12.9. The van der Waals surface area contributed by atoms with Crippen molar-refractivity contribution in [1.29, 1.82) is 0 Å². The van der Waals surface area contributed by atoms with Gasteiger partial charge in [-0.1, -0.05) is 60.2 Å². The Morgan fingerprint density at radius 3 is 2.37 bits per heavy atom. The van der Waals surface area contributed by atoms with E-state index in [1.807, 2.05) is 79.7 Å². The Bertz CT molecular complexity index is 1010. The van der Waals surface area contributed by atoms with E-state index in [1.54, 1.807) is 7.11 Å². The van der Waals surface area contributed by atoms with Crippen LogP contribution in [-0.4, -0.2) is 26.2 Å². The third-order valence-corrected chi connectivity index (χ3v) is 4.73. The van der Waals surface area contributed by atoms with Gasteiger partial charge in [0.15, 0.2) is 0 Å². The first-order valence-electron chi connectivity index (χ1n) is 9.96. The molecule has 3 aromatic rings. The van der Waals surface area contributed by atoms with Crippen LogP contribution in [0.1, 0.15) is 22.3 Å². The van der Waals surface area contributed by atoms with Gasteiger partial charge in [-0.25, -0.2) is 0 Å². The topological polar surface area (TPSA) is 47.6 Å². The molecule has 0 heterocycles. The Morgan fingerprint density at radius 1 is 0.967 bits per heavy atom. The van der Waals surface area contributed by atoms with Gasteiger partial charge in [-0.2, -0.15) is 0 Å². The molecule has 4 heteroatoms. The van der Waals surface area contributed by atoms with Gasteiger partial charge in [0.25, 0.3) is 5.91 Å². The molecule has 0 bridgehead atoms. The van der Waals surface area contributed by atoms with Crippen LogP contribution < -0.4 is 14.8 Å². The molecule has 0 radical (unpaired) electrons. The van der Waals surface area contributed by atoms with Gasteiger partial charge in [0, 0.05) is 5.57 Å². The van der Waals surface area contributed by atoms with Gasteiger partial charge in [-0.15, -0.1) is 0 Å². The second-order valence-electron chi connectivity index (χ2n) is 7.07. The lowest BCUT2D eigenvalue weighted by Gasteiger charge is -2.12. The Labute approximate surface area is 178 Å². The molecule has 1 N–H and O–H groups in total. The molecule has 0 aromatic heterocycles. The van der Waals surface area contributed by atoms with Crippen molar-refractivity contribution in [3.8, 4) is 11.5 Å². The van der Waals surface area contributed by atoms with E-state index in [1.165, 1.54) is 5.56 Å². The number of hydrogen-bond donors (Lipinski definition) is 1. The van der Waals surface area contributed by atoms with Crippen LogP contribution in [0.2, 0.25) is 0 Å². The molecule has 0 aliphatic heterocycles. The first-order valence-corrected chi connectivity index (χ1v) is 9.96. The highest BCUT2D eigenvalue weighted by atomic mass is 16.5. The fourth-order valence-electron chi connectivity index (χ4n) is 3.15. The van der Waals surface area contributed by atoms with Crippen LogP contribution in [-0.2, 0) is 4.79 Å². The van der Waals surface area contributed by atoms with E-state index in [9.17, 15) is 4.79 Å². The van der Waals surface area contributed by atoms with Crippen LogP contribution in [0.15, 0.2) is 72.8 Å². The zero-order valence-electron chi connectivity index (χ0n) is 17.6. The van der Waals surface area contributed by atoms with Crippen molar-refractivity contribution in [2.75, 3.05) is 20.3 Å². The smallest absolute Gasteiger partial charge is 0.252 e. The number of rotatable bonds is 8. The van der Waals surface area contributed by atoms with E-state index in [2.05, 4.69) is 18.3 Å². The molecule has 3 rings (SSSR count). The largest absolute Gasteiger partial charge is 0.497 e. The summed E-state index contributed by atoms with van der Waals surface area (Å²) in [6, 6.07) is 23.3. The first kappa shape index (κ1) is 21.2. The van der Waals surface area contributed by atoms with Crippen molar-refractivity contribution in [1.82, 2.24) is 5.32 Å². The average Bonchev–Trinajstić information content (AvgIpc) is 2.77. The number of nitrogens with one attached hydrogen (secondary N) is 1. The second-order valence-corrected chi connectivity index (χ2v) is 7.07. The van der Waals surface area contributed by atoms with Gasteiger partial charge in [-0.05, 0) is 54.8 Å². The van der Waals surface area contributed by atoms with Crippen molar-refractivity contribution in [3.05, 3.63) is 95.1 Å². The molecule has 1 amide bonds. The molecule has 0 atom stereocenters. The molecule has 154 valence electrons. The summed E-state index contributed by atoms with van der Waals surface area (Å²) in [5, 5.41) is 2.97. The Morgan fingerprint density at radius 2 is 1.70 bits per heavy atom. The highest BCUT2D eigenvalue weighted by molar-refractivity contribution is 6.24. The van der Waals surface area contributed by atoms with E-state index in [0.29, 0.717) is 18.7 Å². The van der Waals surface area contributed by atoms with Crippen molar-refractivity contribution in [2.45, 2.75) is 13.8 Å². The van der Waals surface area contributed by atoms with Gasteiger partial charge < -0.3 is 14.8 Å². The van der Waals surface area contributed by atoms with Crippen molar-refractivity contribution >= 4 is 17.6 Å². The maximum atomic E-state index is 12.9. The molecule has 0 saturated heterocycles. The molecule has 0 aliphatic rings. The lowest BCUT2D eigenvalue weighted by atomic mass is 10.0. The number of aryl methyl sites for hydroxylation is 2. The average molecular weight is 402 g/mol. The minimum atomic E-state index is -0.138. The summed E-state index contributed by atoms with van der Waals surface area (Å²) in [7, 11) is 1.63. The van der Waals surface area contributed by atoms with E-state index in [4.69, 9.17) is 9.47 Å². The quantitative estimate of drug-likeness (QED) is 0.326. The Balaban J connectivity index is 1.68. The van der Waals surface area contributed by atoms with Crippen LogP contribution in [0, 0.1) is 13.8 Å². The van der Waals surface area contributed by atoms with Gasteiger partial charge in [0.2, 0.25) is 0 Å². The van der Waals surface area contributed by atoms with Crippen LogP contribution >= 0.6 is 0 Å². The Kier molecular flexibility index (Phi) is 7.28. The lowest BCUT2D eigenvalue weighted by molar-refractivity contribution is -0.115. The van der Waals surface area contributed by atoms with Gasteiger partial charge in [-0.3, -0.25) is 4.79 Å². The molecule has 3 aromatic carbocycles. The SMILES string of the molecule is COc1ccc(/C=C(/C(=O)NCCOc2ccc(C)cc2C)c2ccccc2)cc1. The maximum absolute atomic E-state index is 12.9. The van der Waals surface area contributed by atoms with Crippen LogP contribution in [0.3, 0.4) is 0 Å². The molecule has 0 fully saturated rings. The number of carbonyl (C=O) groups is 1. The van der Waals surface area contributed by atoms with Crippen LogP contribution in [0.5, 0.6) is 11.5 Å². The summed E-state index contributed by atoms with van der Waals surface area (Å²) in [5.41, 5.74) is 4.68. The molecular weight excluding hydrogens is 374 g/mol. The number of methoxy groups -OCH3 is 1. The molecule has 0 spiro atoms. The molecule has 0 unspecified atom stereocenters. The predicted molar refractivity (Wildman–Crippen MR) is 122 cm³/mol. The van der Waals surface area contributed by atoms with E-state index < -0.39 is 0 Å². The van der Waals surface area contributed by atoms with Crippen molar-refractivity contribution in [3.63, 3.8) is 0 Å². The second kappa shape index (κ2) is 10.3. The van der Waals surface area contributed by atoms with E-state index in [-0.39, 0.29) is 5.91 Å². The Hall–Kier alpha value is -3.53. The zero-order valence-corrected chi connectivity index (χ0v) is 17.6. The predicted octanol–water partition coefficient (Wildman–Crippen LogP) is 5.05. The van der Waals surface area contributed by atoms with E-state index >= 15 is 0 Å². The first-order chi connectivity index (χ1) is 14.6. The highest BCUT2D eigenvalue weighted by Gasteiger charge is 2.12. The van der Waals surface area contributed by atoms with Crippen molar-refractivity contribution < 1.29 is 14.3 Å². The van der Waals surface area contributed by atoms with Crippen LogP contribution in [0.25, 0.3) is 11.6 Å². The number of carbonyl (C=O) groups excluding carboxylic acids is 1. The molecule has 0 saturated carbocycles. The third kappa shape index (κ3) is 5.74. The monoisotopic (exact) mass is 401 g/mol. The van der Waals surface area contributed by atoms with Gasteiger partial charge >= 0.3 is 0 Å². The summed E-state index contributed by atoms with van der Waals surface area (Å²) < 4.78 is 11.0. The number of hydrogen-bond acceptors (Lipinski definition) is 3. The number of benzene rings is 3. The fourth-order valence-corrected chi connectivity index (χ4v) is 3.15. The zero-order chi connectivity index (χ0) is 21.3.